The van der Waals surface area contributed by atoms with E-state index in [0.717, 1.165) is 11.1 Å². The van der Waals surface area contributed by atoms with Crippen molar-refractivity contribution in [2.24, 2.45) is 0 Å². The Balaban J connectivity index is 1.50. The zero-order valence-corrected chi connectivity index (χ0v) is 22.0. The first-order valence-electron chi connectivity index (χ1n) is 11.5. The fourth-order valence-electron chi connectivity index (χ4n) is 5.30. The number of halogens is 1. The molecular formula is C23H25ClN5O5S2-. The molecule has 4 heterocycles. The van der Waals surface area contributed by atoms with Gasteiger partial charge < -0.3 is 14.0 Å². The third-order valence-electron chi connectivity index (χ3n) is 7.03. The minimum absolute atomic E-state index is 0.0375. The third kappa shape index (κ3) is 4.56. The predicted molar refractivity (Wildman–Crippen MR) is 136 cm³/mol. The van der Waals surface area contributed by atoms with Crippen LogP contribution < -0.4 is 4.90 Å². The zero-order valence-electron chi connectivity index (χ0n) is 19.6. The number of fused-ring (bicyclic) bond motifs is 3. The number of carbonyl (C=O) groups excluding carboxylic acids is 1. The van der Waals surface area contributed by atoms with Crippen LogP contribution in [-0.2, 0) is 44.4 Å². The Bertz CT molecular complexity index is 1470. The van der Waals surface area contributed by atoms with Crippen LogP contribution in [0.2, 0.25) is 5.02 Å². The van der Waals surface area contributed by atoms with E-state index in [2.05, 4.69) is 4.98 Å². The summed E-state index contributed by atoms with van der Waals surface area (Å²) in [5.41, 5.74) is 2.19. The fraction of sp³-hybridized carbons (Fsp3) is 0.435. The van der Waals surface area contributed by atoms with E-state index in [-0.39, 0.29) is 31.3 Å². The number of hydrogen-bond acceptors (Lipinski definition) is 7. The monoisotopic (exact) mass is 550 g/mol. The number of nitrogens with zero attached hydrogens (tertiary/aromatic N) is 5. The number of piperidine rings is 1. The number of benzene rings is 1. The normalized spacial score (nSPS) is 18.8. The lowest BCUT2D eigenvalue weighted by molar-refractivity contribution is -0.124. The standard InChI is InChI=1S/C23H26ClN5O5S2/c1-36(33,34)12-2-9-28-19-4-3-16(24)13-18(19)26-21(28)15-29-20-14-25-8-5-17(20)23(22(29)30)6-10-27(11-7-23)35(31)32/h3-5,8,13-14H,2,6-7,9-12,15H2,1H3,(H,31,32)/p-1. The highest BCUT2D eigenvalue weighted by molar-refractivity contribution is 7.90. The van der Waals surface area contributed by atoms with E-state index in [1.165, 1.54) is 10.6 Å². The highest BCUT2D eigenvalue weighted by Gasteiger charge is 2.52. The van der Waals surface area contributed by atoms with Crippen LogP contribution in [0.4, 0.5) is 5.69 Å². The number of aryl methyl sites for hydroxylation is 1. The second kappa shape index (κ2) is 9.49. The van der Waals surface area contributed by atoms with Crippen LogP contribution in [0, 0.1) is 0 Å². The van der Waals surface area contributed by atoms with Crippen molar-refractivity contribution in [1.82, 2.24) is 18.8 Å². The molecule has 1 spiro atoms. The summed E-state index contributed by atoms with van der Waals surface area (Å²) in [6.07, 6.45) is 5.69. The summed E-state index contributed by atoms with van der Waals surface area (Å²) in [5.74, 6) is 0.546. The number of sulfone groups is 1. The van der Waals surface area contributed by atoms with Crippen LogP contribution in [0.3, 0.4) is 0 Å². The first-order valence-corrected chi connectivity index (χ1v) is 15.0. The van der Waals surface area contributed by atoms with Crippen molar-refractivity contribution in [3.63, 3.8) is 0 Å². The maximum Gasteiger partial charge on any atom is 0.238 e. The molecule has 2 aliphatic heterocycles. The second-order valence-electron chi connectivity index (χ2n) is 9.31. The van der Waals surface area contributed by atoms with Crippen molar-refractivity contribution in [3.8, 4) is 0 Å². The van der Waals surface area contributed by atoms with E-state index in [9.17, 15) is 22.0 Å². The van der Waals surface area contributed by atoms with Gasteiger partial charge in [-0.05, 0) is 49.1 Å². The number of imidazole rings is 1. The first-order chi connectivity index (χ1) is 17.1. The van der Waals surface area contributed by atoms with E-state index in [0.29, 0.717) is 47.9 Å². The van der Waals surface area contributed by atoms with Gasteiger partial charge in [0.1, 0.15) is 15.7 Å². The summed E-state index contributed by atoms with van der Waals surface area (Å²) in [4.78, 5) is 24.6. The van der Waals surface area contributed by atoms with Gasteiger partial charge in [0.2, 0.25) is 5.91 Å². The lowest BCUT2D eigenvalue weighted by Crippen LogP contribution is -2.49. The molecule has 10 nitrogen and oxygen atoms in total. The average Bonchev–Trinajstić information content (AvgIpc) is 3.27. The smallest absolute Gasteiger partial charge is 0.238 e. The minimum atomic E-state index is -3.13. The summed E-state index contributed by atoms with van der Waals surface area (Å²) in [6, 6.07) is 7.18. The van der Waals surface area contributed by atoms with Gasteiger partial charge in [0.25, 0.3) is 0 Å². The van der Waals surface area contributed by atoms with Crippen molar-refractivity contribution in [2.45, 2.75) is 37.8 Å². The van der Waals surface area contributed by atoms with Crippen molar-refractivity contribution < 1.29 is 22.0 Å². The highest BCUT2D eigenvalue weighted by atomic mass is 35.5. The molecule has 1 amide bonds. The molecule has 0 N–H and O–H groups in total. The molecule has 1 saturated heterocycles. The Hall–Kier alpha value is -2.38. The molecule has 13 heteroatoms. The van der Waals surface area contributed by atoms with Crippen LogP contribution >= 0.6 is 11.6 Å². The minimum Gasteiger partial charge on any atom is -0.760 e. The Kier molecular flexibility index (Phi) is 6.66. The number of hydrogen-bond donors (Lipinski definition) is 0. The third-order valence-corrected chi connectivity index (χ3v) is 9.09. The number of pyridine rings is 1. The SMILES string of the molecule is CS(=O)(=O)CCCn1c(CN2C(=O)C3(CCN(S(=O)[O-])CC3)c3ccncc32)nc2cc(Cl)ccc21. The van der Waals surface area contributed by atoms with Gasteiger partial charge in [-0.2, -0.15) is 0 Å². The van der Waals surface area contributed by atoms with Crippen LogP contribution in [0.25, 0.3) is 11.0 Å². The van der Waals surface area contributed by atoms with Crippen LogP contribution in [0.1, 0.15) is 30.7 Å². The number of amides is 1. The fourth-order valence-corrected chi connectivity index (χ4v) is 6.60. The molecule has 5 rings (SSSR count). The van der Waals surface area contributed by atoms with E-state index in [4.69, 9.17) is 16.6 Å². The predicted octanol–water partition coefficient (Wildman–Crippen LogP) is 2.19. The van der Waals surface area contributed by atoms with Gasteiger partial charge in [0.05, 0.1) is 40.6 Å². The highest BCUT2D eigenvalue weighted by Crippen LogP contribution is 2.48. The maximum atomic E-state index is 13.9. The molecule has 36 heavy (non-hydrogen) atoms. The van der Waals surface area contributed by atoms with Gasteiger partial charge in [-0.1, -0.05) is 11.6 Å². The molecule has 1 atom stereocenters. The topological polar surface area (TPSA) is 129 Å². The number of rotatable bonds is 7. The molecule has 0 aliphatic carbocycles. The van der Waals surface area contributed by atoms with Gasteiger partial charge in [-0.25, -0.2) is 17.7 Å². The molecule has 1 unspecified atom stereocenters. The molecule has 192 valence electrons. The van der Waals surface area contributed by atoms with Crippen LogP contribution in [0.5, 0.6) is 0 Å². The van der Waals surface area contributed by atoms with Gasteiger partial charge in [0.15, 0.2) is 0 Å². The molecule has 2 aromatic heterocycles. The summed E-state index contributed by atoms with van der Waals surface area (Å²) in [7, 11) is -3.13. The van der Waals surface area contributed by atoms with Gasteiger partial charge in [0, 0.05) is 48.4 Å². The summed E-state index contributed by atoms with van der Waals surface area (Å²) in [5, 5.41) is 0.531. The van der Waals surface area contributed by atoms with Crippen molar-refractivity contribution in [2.75, 3.05) is 30.0 Å². The zero-order chi connectivity index (χ0) is 25.7. The summed E-state index contributed by atoms with van der Waals surface area (Å²) >= 11 is 3.86. The molecule has 1 fully saturated rings. The van der Waals surface area contributed by atoms with Crippen LogP contribution in [0.15, 0.2) is 36.7 Å². The van der Waals surface area contributed by atoms with E-state index >= 15 is 0 Å². The first kappa shape index (κ1) is 25.3. The quantitative estimate of drug-likeness (QED) is 0.412. The van der Waals surface area contributed by atoms with E-state index in [1.54, 1.807) is 29.4 Å². The molecule has 0 radical (unpaired) electrons. The lowest BCUT2D eigenvalue weighted by atomic mass is 9.74. The number of anilines is 1. The van der Waals surface area contributed by atoms with E-state index in [1.807, 2.05) is 16.7 Å². The number of aromatic nitrogens is 3. The molecular weight excluding hydrogens is 526 g/mol. The van der Waals surface area contributed by atoms with Gasteiger partial charge in [-0.15, -0.1) is 0 Å². The molecule has 2 aliphatic rings. The molecule has 0 bridgehead atoms. The Morgan fingerprint density at radius 3 is 2.67 bits per heavy atom. The molecule has 1 aromatic carbocycles. The van der Waals surface area contributed by atoms with Gasteiger partial charge >= 0.3 is 0 Å². The van der Waals surface area contributed by atoms with Crippen molar-refractivity contribution in [3.05, 3.63) is 53.1 Å². The number of carbonyl (C=O) groups is 1. The molecule has 3 aromatic rings. The second-order valence-corrected chi connectivity index (χ2v) is 13.0. The van der Waals surface area contributed by atoms with Crippen molar-refractivity contribution >= 4 is 55.3 Å². The van der Waals surface area contributed by atoms with E-state index < -0.39 is 26.5 Å². The van der Waals surface area contributed by atoms with Crippen molar-refractivity contribution in [1.29, 1.82) is 0 Å². The molecule has 0 saturated carbocycles. The summed E-state index contributed by atoms with van der Waals surface area (Å²) < 4.78 is 49.6. The Morgan fingerprint density at radius 1 is 1.22 bits per heavy atom. The van der Waals surface area contributed by atoms with Gasteiger partial charge in [-0.3, -0.25) is 14.0 Å². The average molecular weight is 551 g/mol. The largest absolute Gasteiger partial charge is 0.760 e. The lowest BCUT2D eigenvalue weighted by Gasteiger charge is -2.38. The Morgan fingerprint density at radius 2 is 1.97 bits per heavy atom. The Labute approximate surface area is 216 Å². The van der Waals surface area contributed by atoms with Crippen LogP contribution in [-0.4, -0.2) is 67.0 Å². The summed E-state index contributed by atoms with van der Waals surface area (Å²) in [6.45, 7) is 1.11. The maximum absolute atomic E-state index is 13.9.